The Morgan fingerprint density at radius 3 is 2.41 bits per heavy atom. The average molecular weight is 593 g/mol. The maximum atomic E-state index is 9.72. The molecule has 0 saturated carbocycles. The average Bonchev–Trinajstić information content (AvgIpc) is 3.44. The Labute approximate surface area is 251 Å². The van der Waals surface area contributed by atoms with Gasteiger partial charge in [0.05, 0.1) is 27.0 Å². The highest BCUT2D eigenvalue weighted by atomic mass is 33.1. The van der Waals surface area contributed by atoms with Crippen molar-refractivity contribution in [3.8, 4) is 23.0 Å². The second-order valence-corrected chi connectivity index (χ2v) is 12.5. The number of benzene rings is 2. The molecule has 0 spiro atoms. The Hall–Kier alpha value is -3.33. The zero-order valence-corrected chi connectivity index (χ0v) is 25.4. The molecule has 0 amide bonds. The van der Waals surface area contributed by atoms with Crippen LogP contribution in [0.5, 0.6) is 23.0 Å². The predicted molar refractivity (Wildman–Crippen MR) is 170 cm³/mol. The highest BCUT2D eigenvalue weighted by Crippen LogP contribution is 2.26. The van der Waals surface area contributed by atoms with Gasteiger partial charge >= 0.3 is 0 Å². The second kappa shape index (κ2) is 16.2. The molecule has 1 unspecified atom stereocenters. The molecule has 0 bridgehead atoms. The lowest BCUT2D eigenvalue weighted by atomic mass is 10.1. The van der Waals surface area contributed by atoms with Crippen LogP contribution in [-0.2, 0) is 19.4 Å². The number of hydrogen-bond donors (Lipinski definition) is 3. The Balaban J connectivity index is 1.13. The molecule has 1 atom stereocenters. The first-order valence-corrected chi connectivity index (χ1v) is 16.4. The molecule has 6 nitrogen and oxygen atoms in total. The van der Waals surface area contributed by atoms with Crippen LogP contribution in [0.15, 0.2) is 90.9 Å². The van der Waals surface area contributed by atoms with Crippen molar-refractivity contribution in [1.29, 1.82) is 0 Å². The van der Waals surface area contributed by atoms with E-state index in [9.17, 15) is 10.2 Å². The van der Waals surface area contributed by atoms with Gasteiger partial charge in [-0.05, 0) is 42.3 Å². The number of phenolic OH excluding ortho intramolecular Hbond substituents is 2. The molecule has 0 aliphatic carbocycles. The molecule has 3 aromatic rings. The molecule has 0 radical (unpaired) electrons. The SMILES string of the molecule is COc1cc(O)ccc1/C=C/C1=CC=C[NH+]1CCCSSCCC[n+]1ccccc1CCc1ccc(O)cc1OC. The summed E-state index contributed by atoms with van der Waals surface area (Å²) in [6, 6.07) is 16.9. The van der Waals surface area contributed by atoms with Crippen molar-refractivity contribution >= 4 is 27.7 Å². The van der Waals surface area contributed by atoms with Crippen LogP contribution in [0.3, 0.4) is 0 Å². The van der Waals surface area contributed by atoms with Crippen molar-refractivity contribution in [2.24, 2.45) is 0 Å². The van der Waals surface area contributed by atoms with Crippen LogP contribution in [0.1, 0.15) is 29.7 Å². The van der Waals surface area contributed by atoms with Crippen LogP contribution in [0.4, 0.5) is 0 Å². The third kappa shape index (κ3) is 9.35. The number of rotatable bonds is 16. The summed E-state index contributed by atoms with van der Waals surface area (Å²) < 4.78 is 13.2. The highest BCUT2D eigenvalue weighted by Gasteiger charge is 2.15. The summed E-state index contributed by atoms with van der Waals surface area (Å²) in [5.74, 6) is 4.09. The number of nitrogens with one attached hydrogen (secondary N) is 1. The van der Waals surface area contributed by atoms with Crippen molar-refractivity contribution in [3.63, 3.8) is 0 Å². The Morgan fingerprint density at radius 1 is 0.854 bits per heavy atom. The lowest BCUT2D eigenvalue weighted by molar-refractivity contribution is -0.798. The zero-order chi connectivity index (χ0) is 28.9. The molecule has 41 heavy (non-hydrogen) atoms. The molecule has 2 heterocycles. The van der Waals surface area contributed by atoms with E-state index in [0.717, 1.165) is 67.2 Å². The molecule has 4 rings (SSSR count). The molecular weight excluding hydrogens is 553 g/mol. The number of aromatic hydroxyl groups is 2. The van der Waals surface area contributed by atoms with Gasteiger partial charge in [0.1, 0.15) is 35.2 Å². The number of allylic oxidation sites excluding steroid dienone is 3. The standard InChI is InChI=1S/C33H38N2O4S2/c1-38-32-24-30(36)16-12-26(32)10-14-28-8-3-4-18-34(28)20-6-22-40-41-23-7-21-35-19-5-9-29(35)15-11-27-13-17-31(37)25-33(27)39-2/h3-5,8-9,11-13,15-19,24-25H,6-7,10,14,20-23H2,1-2H3,(H-,36,37)/p+2/b15-11+. The van der Waals surface area contributed by atoms with Gasteiger partial charge in [0.15, 0.2) is 11.9 Å². The first-order chi connectivity index (χ1) is 20.1. The molecule has 1 aliphatic heterocycles. The molecule has 216 valence electrons. The molecular formula is C33H40N2O4S2+2. The minimum atomic E-state index is 0.204. The highest BCUT2D eigenvalue weighted by molar-refractivity contribution is 8.76. The molecule has 3 N–H and O–H groups in total. The van der Waals surface area contributed by atoms with Gasteiger partial charge in [-0.15, -0.1) is 0 Å². The topological polar surface area (TPSA) is 67.2 Å². The third-order valence-corrected chi connectivity index (χ3v) is 9.52. The minimum Gasteiger partial charge on any atom is -0.508 e. The number of aryl methyl sites for hydroxylation is 3. The van der Waals surface area contributed by atoms with Gasteiger partial charge in [-0.2, -0.15) is 0 Å². The van der Waals surface area contributed by atoms with Crippen molar-refractivity contribution in [2.45, 2.75) is 32.2 Å². The number of pyridine rings is 1. The van der Waals surface area contributed by atoms with E-state index in [0.29, 0.717) is 5.75 Å². The molecule has 1 aromatic heterocycles. The van der Waals surface area contributed by atoms with E-state index in [1.807, 2.05) is 39.8 Å². The number of quaternary nitrogens is 1. The smallest absolute Gasteiger partial charge is 0.181 e. The molecule has 1 aliphatic rings. The van der Waals surface area contributed by atoms with E-state index in [1.54, 1.807) is 38.5 Å². The quantitative estimate of drug-likeness (QED) is 0.118. The van der Waals surface area contributed by atoms with E-state index >= 15 is 0 Å². The summed E-state index contributed by atoms with van der Waals surface area (Å²) in [6.45, 7) is 2.06. The molecule has 0 saturated heterocycles. The zero-order valence-electron chi connectivity index (χ0n) is 23.8. The van der Waals surface area contributed by atoms with E-state index in [1.165, 1.54) is 16.3 Å². The van der Waals surface area contributed by atoms with E-state index in [-0.39, 0.29) is 11.5 Å². The second-order valence-electron chi connectivity index (χ2n) is 9.75. The molecule has 0 fully saturated rings. The van der Waals surface area contributed by atoms with Crippen LogP contribution >= 0.6 is 21.6 Å². The van der Waals surface area contributed by atoms with E-state index in [4.69, 9.17) is 9.47 Å². The Morgan fingerprint density at radius 2 is 1.61 bits per heavy atom. The maximum Gasteiger partial charge on any atom is 0.181 e. The van der Waals surface area contributed by atoms with Crippen LogP contribution in [0.2, 0.25) is 0 Å². The van der Waals surface area contributed by atoms with Crippen LogP contribution < -0.4 is 18.9 Å². The van der Waals surface area contributed by atoms with Gasteiger partial charge in [0, 0.05) is 72.7 Å². The van der Waals surface area contributed by atoms with Crippen molar-refractivity contribution in [2.75, 3.05) is 32.3 Å². The first-order valence-electron chi connectivity index (χ1n) is 13.9. The fourth-order valence-electron chi connectivity index (χ4n) is 4.77. The normalized spacial score (nSPS) is 14.5. The Bertz CT molecular complexity index is 1370. The number of phenols is 2. The fourth-order valence-corrected chi connectivity index (χ4v) is 6.93. The Kier molecular flexibility index (Phi) is 12.1. The van der Waals surface area contributed by atoms with Gasteiger partial charge < -0.3 is 19.7 Å². The fraction of sp³-hybridized carbons (Fsp3) is 0.303. The van der Waals surface area contributed by atoms with E-state index in [2.05, 4.69) is 53.4 Å². The van der Waals surface area contributed by atoms with Crippen molar-refractivity contribution < 1.29 is 29.2 Å². The van der Waals surface area contributed by atoms with Gasteiger partial charge in [-0.25, -0.2) is 4.57 Å². The summed E-state index contributed by atoms with van der Waals surface area (Å²) >= 11 is 0. The third-order valence-electron chi connectivity index (χ3n) is 6.94. The summed E-state index contributed by atoms with van der Waals surface area (Å²) in [5, 5.41) is 19.4. The number of ether oxygens (including phenoxy) is 2. The van der Waals surface area contributed by atoms with Gasteiger partial charge in [-0.1, -0.05) is 33.7 Å². The van der Waals surface area contributed by atoms with Crippen LogP contribution in [0, 0.1) is 0 Å². The monoisotopic (exact) mass is 592 g/mol. The largest absolute Gasteiger partial charge is 0.508 e. The number of nitrogens with zero attached hydrogens (tertiary/aromatic N) is 1. The van der Waals surface area contributed by atoms with Crippen molar-refractivity contribution in [1.82, 2.24) is 0 Å². The summed E-state index contributed by atoms with van der Waals surface area (Å²) in [4.78, 5) is 1.36. The first kappa shape index (κ1) is 30.6. The summed E-state index contributed by atoms with van der Waals surface area (Å²) in [5.41, 5.74) is 4.60. The number of aromatic nitrogens is 1. The van der Waals surface area contributed by atoms with Gasteiger partial charge in [0.2, 0.25) is 0 Å². The molecule has 8 heteroatoms. The summed E-state index contributed by atoms with van der Waals surface area (Å²) in [7, 11) is 7.19. The maximum absolute atomic E-state index is 9.72. The van der Waals surface area contributed by atoms with Gasteiger partial charge in [-0.3, -0.25) is 4.90 Å². The van der Waals surface area contributed by atoms with Crippen LogP contribution in [-0.4, -0.2) is 42.5 Å². The van der Waals surface area contributed by atoms with Gasteiger partial charge in [0.25, 0.3) is 0 Å². The summed E-state index contributed by atoms with van der Waals surface area (Å²) in [6.07, 6.45) is 16.9. The minimum absolute atomic E-state index is 0.204. The van der Waals surface area contributed by atoms with E-state index < -0.39 is 0 Å². The number of methoxy groups -OCH3 is 2. The molecule has 2 aromatic carbocycles. The van der Waals surface area contributed by atoms with Crippen LogP contribution in [0.25, 0.3) is 6.08 Å². The number of hydrogen-bond acceptors (Lipinski definition) is 6. The van der Waals surface area contributed by atoms with Crippen molar-refractivity contribution in [3.05, 3.63) is 108 Å². The lowest BCUT2D eigenvalue weighted by Crippen LogP contribution is -3.04. The predicted octanol–water partition coefficient (Wildman–Crippen LogP) is 5.36. The lowest BCUT2D eigenvalue weighted by Gasteiger charge is -2.12.